The third kappa shape index (κ3) is 9.21. The van der Waals surface area contributed by atoms with E-state index >= 15 is 8.78 Å². The molecular weight excluding hydrogens is 817 g/mol. The second-order valence-corrected chi connectivity index (χ2v) is 15.7. The highest BCUT2D eigenvalue weighted by molar-refractivity contribution is 5.88. The molecule has 4 amide bonds. The van der Waals surface area contributed by atoms with E-state index < -0.39 is 48.0 Å². The number of carbonyl (C=O) groups is 4. The summed E-state index contributed by atoms with van der Waals surface area (Å²) in [6.07, 6.45) is 4.26. The normalized spacial score (nSPS) is 19.0. The van der Waals surface area contributed by atoms with Crippen LogP contribution in [0.15, 0.2) is 85.2 Å². The molecule has 5 heterocycles. The van der Waals surface area contributed by atoms with Crippen molar-refractivity contribution in [2.45, 2.75) is 55.8 Å². The molecule has 3 aromatic carbocycles. The molecule has 16 nitrogen and oxygen atoms in total. The van der Waals surface area contributed by atoms with E-state index in [9.17, 15) is 19.2 Å². The van der Waals surface area contributed by atoms with E-state index in [1.165, 1.54) is 32.5 Å². The second-order valence-electron chi connectivity index (χ2n) is 15.7. The predicted molar refractivity (Wildman–Crippen MR) is 225 cm³/mol. The zero-order valence-electron chi connectivity index (χ0n) is 34.9. The topological polar surface area (TPSA) is 187 Å². The molecule has 330 valence electrons. The van der Waals surface area contributed by atoms with Crippen molar-refractivity contribution >= 4 is 29.7 Å². The Balaban J connectivity index is 0.920. The van der Waals surface area contributed by atoms with Gasteiger partial charge in [-0.1, -0.05) is 60.7 Å². The number of morpholine rings is 1. The third-order valence-corrected chi connectivity index (χ3v) is 12.0. The van der Waals surface area contributed by atoms with Crippen LogP contribution in [0.25, 0.3) is 11.3 Å². The quantitative estimate of drug-likeness (QED) is 0.119. The van der Waals surface area contributed by atoms with Crippen LogP contribution in [-0.2, 0) is 23.8 Å². The van der Waals surface area contributed by atoms with Crippen LogP contribution in [0, 0.1) is 11.6 Å². The van der Waals surface area contributed by atoms with Crippen molar-refractivity contribution in [3.05, 3.63) is 125 Å². The molecule has 4 N–H and O–H groups in total. The van der Waals surface area contributed by atoms with E-state index in [0.29, 0.717) is 80.4 Å². The SMILES string of the molecule is COC(=O)NC(C(=O)N1CCCC1c1ncc(-c2cc(F)c(N3CCC(c4cnc(C5COCCN5C(=O)C(NC(=O)OC)c5ccccc5)[nH]4)CC3)c(F)c2)[nH]1)c1ccccc1. The van der Waals surface area contributed by atoms with Gasteiger partial charge in [-0.15, -0.1) is 0 Å². The number of rotatable bonds is 11. The van der Waals surface area contributed by atoms with Gasteiger partial charge in [-0.25, -0.2) is 28.3 Å². The first-order chi connectivity index (χ1) is 30.6. The van der Waals surface area contributed by atoms with Crippen LogP contribution in [0.3, 0.4) is 0 Å². The Labute approximate surface area is 362 Å². The van der Waals surface area contributed by atoms with Crippen LogP contribution in [-0.4, -0.2) is 107 Å². The lowest BCUT2D eigenvalue weighted by Gasteiger charge is -2.37. The van der Waals surface area contributed by atoms with E-state index in [1.807, 2.05) is 12.1 Å². The number of methoxy groups -OCH3 is 2. The summed E-state index contributed by atoms with van der Waals surface area (Å²) in [4.78, 5) is 73.2. The van der Waals surface area contributed by atoms with Crippen molar-refractivity contribution in [3.63, 3.8) is 0 Å². The molecule has 0 bridgehead atoms. The molecule has 5 aromatic rings. The highest BCUT2D eigenvalue weighted by atomic mass is 19.1. The monoisotopic (exact) mass is 865 g/mol. The number of ether oxygens (including phenoxy) is 3. The fraction of sp³-hybridized carbons (Fsp3) is 0.378. The number of imidazole rings is 2. The fourth-order valence-corrected chi connectivity index (χ4v) is 8.78. The Morgan fingerprint density at radius 1 is 0.730 bits per heavy atom. The van der Waals surface area contributed by atoms with Gasteiger partial charge in [-0.3, -0.25) is 9.59 Å². The van der Waals surface area contributed by atoms with Gasteiger partial charge in [0.05, 0.1) is 45.4 Å². The molecule has 2 aromatic heterocycles. The van der Waals surface area contributed by atoms with Crippen molar-refractivity contribution < 1.29 is 42.2 Å². The highest BCUT2D eigenvalue weighted by Gasteiger charge is 2.39. The van der Waals surface area contributed by atoms with Crippen molar-refractivity contribution in [2.75, 3.05) is 58.5 Å². The van der Waals surface area contributed by atoms with E-state index in [0.717, 1.165) is 5.69 Å². The van der Waals surface area contributed by atoms with E-state index in [4.69, 9.17) is 14.2 Å². The van der Waals surface area contributed by atoms with Crippen molar-refractivity contribution in [2.24, 2.45) is 0 Å². The molecule has 0 saturated carbocycles. The zero-order chi connectivity index (χ0) is 44.0. The van der Waals surface area contributed by atoms with Crippen LogP contribution >= 0.6 is 0 Å². The van der Waals surface area contributed by atoms with Crippen molar-refractivity contribution in [3.8, 4) is 11.3 Å². The Morgan fingerprint density at radius 3 is 1.87 bits per heavy atom. The van der Waals surface area contributed by atoms with E-state index in [1.54, 1.807) is 69.4 Å². The largest absolute Gasteiger partial charge is 0.453 e. The minimum absolute atomic E-state index is 0.0179. The first kappa shape index (κ1) is 42.9. The lowest BCUT2D eigenvalue weighted by atomic mass is 9.93. The van der Waals surface area contributed by atoms with Gasteiger partial charge in [-0.2, -0.15) is 0 Å². The number of aromatic amines is 2. The molecule has 63 heavy (non-hydrogen) atoms. The van der Waals surface area contributed by atoms with Gasteiger partial charge < -0.3 is 49.5 Å². The van der Waals surface area contributed by atoms with Gasteiger partial charge in [0.2, 0.25) is 0 Å². The summed E-state index contributed by atoms with van der Waals surface area (Å²) in [5.74, 6) is -1.05. The number of H-pyrrole nitrogens is 2. The molecule has 3 aliphatic heterocycles. The highest BCUT2D eigenvalue weighted by Crippen LogP contribution is 2.38. The van der Waals surface area contributed by atoms with Gasteiger partial charge in [0, 0.05) is 49.6 Å². The van der Waals surface area contributed by atoms with Crippen LogP contribution < -0.4 is 15.5 Å². The van der Waals surface area contributed by atoms with Gasteiger partial charge in [0.1, 0.15) is 47.1 Å². The second kappa shape index (κ2) is 19.1. The number of piperidine rings is 1. The number of halogens is 2. The first-order valence-electron chi connectivity index (χ1n) is 20.9. The molecule has 0 aliphatic carbocycles. The fourth-order valence-electron chi connectivity index (χ4n) is 8.78. The average molecular weight is 866 g/mol. The smallest absolute Gasteiger partial charge is 0.407 e. The standard InChI is InChI=1S/C45H49F2N9O7/c1-61-44(59)52-37(28-10-5-3-6-11-28)42(57)55-17-9-14-35(55)40-48-25-34(51-40)30-22-31(46)39(32(47)23-30)54-18-15-27(16-19-54)33-24-49-41(50-33)36-26-63-21-20-56(36)43(58)38(53-45(60)62-2)29-12-7-4-8-13-29/h3-8,10-13,22-25,27,35-38H,9,14-21,26H2,1-2H3,(H,48,51)(H,49,50)(H,52,59)(H,53,60). The Bertz CT molecular complexity index is 2380. The summed E-state index contributed by atoms with van der Waals surface area (Å²) in [5, 5.41) is 5.31. The number of amides is 4. The Morgan fingerprint density at radius 2 is 1.29 bits per heavy atom. The van der Waals surface area contributed by atoms with E-state index in [-0.39, 0.29) is 42.1 Å². The Kier molecular flexibility index (Phi) is 13.0. The third-order valence-electron chi connectivity index (χ3n) is 12.0. The van der Waals surface area contributed by atoms with E-state index in [2.05, 4.69) is 30.6 Å². The molecule has 3 saturated heterocycles. The predicted octanol–water partition coefficient (Wildman–Crippen LogP) is 6.22. The number of nitrogens with one attached hydrogen (secondary N) is 4. The van der Waals surface area contributed by atoms with Gasteiger partial charge in [-0.05, 0) is 48.9 Å². The number of aromatic nitrogens is 4. The molecule has 0 spiro atoms. The number of anilines is 1. The minimum atomic E-state index is -0.984. The number of carbonyl (C=O) groups excluding carboxylic acids is 4. The molecule has 4 unspecified atom stereocenters. The molecular formula is C45H49F2N9O7. The van der Waals surface area contributed by atoms with Crippen molar-refractivity contribution in [1.29, 1.82) is 0 Å². The number of hydrogen-bond donors (Lipinski definition) is 4. The first-order valence-corrected chi connectivity index (χ1v) is 20.9. The van der Waals surface area contributed by atoms with Crippen molar-refractivity contribution in [1.82, 2.24) is 40.4 Å². The van der Waals surface area contributed by atoms with Crippen LogP contribution in [0.4, 0.5) is 24.1 Å². The van der Waals surface area contributed by atoms with Gasteiger partial charge in [0.15, 0.2) is 0 Å². The van der Waals surface area contributed by atoms with Gasteiger partial charge >= 0.3 is 12.2 Å². The average Bonchev–Trinajstić information content (AvgIpc) is 4.12. The van der Waals surface area contributed by atoms with Crippen LogP contribution in [0.5, 0.6) is 0 Å². The molecule has 4 atom stereocenters. The minimum Gasteiger partial charge on any atom is -0.453 e. The molecule has 3 aliphatic rings. The lowest BCUT2D eigenvalue weighted by Crippen LogP contribution is -2.49. The number of nitrogens with zero attached hydrogens (tertiary/aromatic N) is 5. The summed E-state index contributed by atoms with van der Waals surface area (Å²) < 4.78 is 47.2. The summed E-state index contributed by atoms with van der Waals surface area (Å²) >= 11 is 0. The summed E-state index contributed by atoms with van der Waals surface area (Å²) in [5.41, 5.74) is 2.61. The molecule has 3 fully saturated rings. The van der Waals surface area contributed by atoms with Crippen LogP contribution in [0.2, 0.25) is 0 Å². The summed E-state index contributed by atoms with van der Waals surface area (Å²) in [6, 6.07) is 17.4. The zero-order valence-corrected chi connectivity index (χ0v) is 34.9. The maximum atomic E-state index is 15.9. The lowest BCUT2D eigenvalue weighted by molar-refractivity contribution is -0.143. The van der Waals surface area contributed by atoms with Gasteiger partial charge in [0.25, 0.3) is 11.8 Å². The summed E-state index contributed by atoms with van der Waals surface area (Å²) in [7, 11) is 2.47. The maximum absolute atomic E-state index is 15.9. The number of hydrogen-bond acceptors (Lipinski definition) is 10. The summed E-state index contributed by atoms with van der Waals surface area (Å²) in [6.45, 7) is 2.02. The maximum Gasteiger partial charge on any atom is 0.407 e. The number of benzene rings is 3. The Hall–Kier alpha value is -6.82. The molecule has 0 radical (unpaired) electrons. The molecule has 18 heteroatoms. The number of likely N-dealkylation sites (tertiary alicyclic amines) is 1. The molecule has 8 rings (SSSR count). The number of alkyl carbamates (subject to hydrolysis) is 2. The van der Waals surface area contributed by atoms with Crippen LogP contribution in [0.1, 0.15) is 84.2 Å².